The average Bonchev–Trinajstić information content (AvgIpc) is 3.02. The zero-order valence-electron chi connectivity index (χ0n) is 15.1. The van der Waals surface area contributed by atoms with Crippen LogP contribution in [0.1, 0.15) is 25.8 Å². The van der Waals surface area contributed by atoms with Crippen LogP contribution in [0.3, 0.4) is 0 Å². The smallest absolute Gasteiger partial charge is 0.317 e. The van der Waals surface area contributed by atoms with E-state index in [1.54, 1.807) is 0 Å². The molecular formula is C19H28N2O4. The van der Waals surface area contributed by atoms with E-state index in [-0.39, 0.29) is 17.7 Å². The fourth-order valence-corrected chi connectivity index (χ4v) is 3.57. The first kappa shape index (κ1) is 18.0. The maximum atomic E-state index is 12.5. The number of amides is 2. The van der Waals surface area contributed by atoms with Gasteiger partial charge in [-0.05, 0) is 38.0 Å². The third-order valence-electron chi connectivity index (χ3n) is 4.66. The van der Waals surface area contributed by atoms with Crippen molar-refractivity contribution in [3.05, 3.63) is 29.8 Å². The highest BCUT2D eigenvalue weighted by molar-refractivity contribution is 5.74. The topological polar surface area (TPSA) is 60.0 Å². The monoisotopic (exact) mass is 348 g/mol. The van der Waals surface area contributed by atoms with Crippen molar-refractivity contribution in [3.63, 3.8) is 0 Å². The van der Waals surface area contributed by atoms with Crippen LogP contribution in [0.2, 0.25) is 0 Å². The Morgan fingerprint density at radius 3 is 3.12 bits per heavy atom. The van der Waals surface area contributed by atoms with Crippen LogP contribution < -0.4 is 10.1 Å². The van der Waals surface area contributed by atoms with E-state index in [9.17, 15) is 4.79 Å². The molecule has 2 heterocycles. The Kier molecular flexibility index (Phi) is 5.81. The molecule has 0 saturated carbocycles. The second-order valence-corrected chi connectivity index (χ2v) is 6.86. The van der Waals surface area contributed by atoms with Crippen molar-refractivity contribution in [1.82, 2.24) is 10.2 Å². The zero-order chi connectivity index (χ0) is 17.7. The number of carbonyl (C=O) groups excluding carboxylic acids is 1. The van der Waals surface area contributed by atoms with Gasteiger partial charge in [0.1, 0.15) is 11.4 Å². The van der Waals surface area contributed by atoms with E-state index in [0.717, 1.165) is 24.2 Å². The molecule has 138 valence electrons. The summed E-state index contributed by atoms with van der Waals surface area (Å²) in [6.07, 6.45) is 1.66. The molecule has 6 heteroatoms. The third kappa shape index (κ3) is 4.64. The van der Waals surface area contributed by atoms with Crippen molar-refractivity contribution in [2.24, 2.45) is 0 Å². The summed E-state index contributed by atoms with van der Waals surface area (Å²) >= 11 is 0. The second-order valence-electron chi connectivity index (χ2n) is 6.86. The quantitative estimate of drug-likeness (QED) is 0.886. The molecule has 0 aromatic heterocycles. The highest BCUT2D eigenvalue weighted by Crippen LogP contribution is 2.29. The zero-order valence-corrected chi connectivity index (χ0v) is 15.1. The first-order chi connectivity index (χ1) is 12.1. The van der Waals surface area contributed by atoms with Gasteiger partial charge in [0.2, 0.25) is 0 Å². The van der Waals surface area contributed by atoms with Crippen LogP contribution in [0.5, 0.6) is 5.75 Å². The summed E-state index contributed by atoms with van der Waals surface area (Å²) in [5, 5.41) is 3.03. The van der Waals surface area contributed by atoms with Crippen LogP contribution in [-0.2, 0) is 15.9 Å². The van der Waals surface area contributed by atoms with Crippen LogP contribution in [0.4, 0.5) is 4.79 Å². The summed E-state index contributed by atoms with van der Waals surface area (Å²) in [7, 11) is 0. The first-order valence-electron chi connectivity index (χ1n) is 9.10. The maximum absolute atomic E-state index is 12.5. The van der Waals surface area contributed by atoms with E-state index in [4.69, 9.17) is 14.2 Å². The SMILES string of the molecule is CCOc1cccc(CCNC(=O)N2C[C@@H](C)O[C@]3(CCOC3)C2)c1. The van der Waals surface area contributed by atoms with Gasteiger partial charge in [0.05, 0.1) is 25.9 Å². The molecular weight excluding hydrogens is 320 g/mol. The molecule has 0 radical (unpaired) electrons. The minimum absolute atomic E-state index is 0.0256. The number of urea groups is 1. The molecule has 1 aromatic rings. The fourth-order valence-electron chi connectivity index (χ4n) is 3.57. The minimum Gasteiger partial charge on any atom is -0.494 e. The molecule has 0 unspecified atom stereocenters. The summed E-state index contributed by atoms with van der Waals surface area (Å²) < 4.78 is 17.1. The Bertz CT molecular complexity index is 587. The number of carbonyl (C=O) groups is 1. The lowest BCUT2D eigenvalue weighted by atomic mass is 9.99. The number of nitrogens with zero attached hydrogens (tertiary/aromatic N) is 1. The number of hydrogen-bond acceptors (Lipinski definition) is 4. The molecule has 0 bridgehead atoms. The number of ether oxygens (including phenoxy) is 3. The van der Waals surface area contributed by atoms with E-state index < -0.39 is 0 Å². The number of nitrogens with one attached hydrogen (secondary N) is 1. The summed E-state index contributed by atoms with van der Waals surface area (Å²) in [6, 6.07) is 7.98. The van der Waals surface area contributed by atoms with Crippen molar-refractivity contribution in [1.29, 1.82) is 0 Å². The molecule has 6 nitrogen and oxygen atoms in total. The van der Waals surface area contributed by atoms with Crippen LogP contribution in [0, 0.1) is 0 Å². The molecule has 2 saturated heterocycles. The van der Waals surface area contributed by atoms with Gasteiger partial charge in [-0.25, -0.2) is 4.79 Å². The predicted molar refractivity (Wildman–Crippen MR) is 95.0 cm³/mol. The molecule has 1 aromatic carbocycles. The van der Waals surface area contributed by atoms with Gasteiger partial charge in [-0.15, -0.1) is 0 Å². The van der Waals surface area contributed by atoms with Gasteiger partial charge in [-0.1, -0.05) is 12.1 Å². The molecule has 2 aliphatic rings. The van der Waals surface area contributed by atoms with Crippen molar-refractivity contribution in [2.45, 2.75) is 38.4 Å². The average molecular weight is 348 g/mol. The van der Waals surface area contributed by atoms with Crippen LogP contribution in [0.25, 0.3) is 0 Å². The van der Waals surface area contributed by atoms with Gasteiger partial charge >= 0.3 is 6.03 Å². The largest absolute Gasteiger partial charge is 0.494 e. The normalized spacial score (nSPS) is 26.0. The van der Waals surface area contributed by atoms with Gasteiger partial charge < -0.3 is 24.4 Å². The predicted octanol–water partition coefficient (Wildman–Crippen LogP) is 2.22. The Morgan fingerprint density at radius 2 is 2.36 bits per heavy atom. The molecule has 2 amide bonds. The second kappa shape index (κ2) is 8.06. The molecule has 2 fully saturated rings. The van der Waals surface area contributed by atoms with E-state index in [2.05, 4.69) is 11.4 Å². The first-order valence-corrected chi connectivity index (χ1v) is 9.10. The Labute approximate surface area is 149 Å². The maximum Gasteiger partial charge on any atom is 0.317 e. The Balaban J connectivity index is 1.49. The van der Waals surface area contributed by atoms with E-state index in [1.807, 2.05) is 36.9 Å². The highest BCUT2D eigenvalue weighted by Gasteiger charge is 2.43. The van der Waals surface area contributed by atoms with E-state index in [1.165, 1.54) is 0 Å². The highest BCUT2D eigenvalue weighted by atomic mass is 16.6. The van der Waals surface area contributed by atoms with Crippen LogP contribution >= 0.6 is 0 Å². The lowest BCUT2D eigenvalue weighted by molar-refractivity contribution is -0.137. The number of morpholine rings is 1. The summed E-state index contributed by atoms with van der Waals surface area (Å²) in [5.41, 5.74) is 0.836. The van der Waals surface area contributed by atoms with Crippen LogP contribution in [-0.4, -0.2) is 62.1 Å². The summed E-state index contributed by atoms with van der Waals surface area (Å²) in [4.78, 5) is 14.4. The molecule has 2 atom stereocenters. The van der Waals surface area contributed by atoms with E-state index in [0.29, 0.717) is 39.5 Å². The van der Waals surface area contributed by atoms with Crippen molar-refractivity contribution < 1.29 is 19.0 Å². The Morgan fingerprint density at radius 1 is 1.48 bits per heavy atom. The van der Waals surface area contributed by atoms with Crippen LogP contribution in [0.15, 0.2) is 24.3 Å². The standard InChI is InChI=1S/C19H28N2O4/c1-3-24-17-6-4-5-16(11-17)7-9-20-18(22)21-12-15(2)25-19(13-21)8-10-23-14-19/h4-6,11,15H,3,7-10,12-14H2,1-2H3,(H,20,22)/t15-,19-/m1/s1. The fraction of sp³-hybridized carbons (Fsp3) is 0.632. The minimum atomic E-state index is -0.319. The van der Waals surface area contributed by atoms with Gasteiger partial charge in [0.25, 0.3) is 0 Å². The summed E-state index contributed by atoms with van der Waals surface area (Å²) in [5.74, 6) is 0.872. The third-order valence-corrected chi connectivity index (χ3v) is 4.66. The molecule has 2 aliphatic heterocycles. The molecule has 3 rings (SSSR count). The molecule has 0 aliphatic carbocycles. The van der Waals surface area contributed by atoms with Crippen molar-refractivity contribution in [2.75, 3.05) is 39.5 Å². The van der Waals surface area contributed by atoms with Gasteiger partial charge in [0.15, 0.2) is 0 Å². The molecule has 25 heavy (non-hydrogen) atoms. The molecule has 1 N–H and O–H groups in total. The Hall–Kier alpha value is -1.79. The summed E-state index contributed by atoms with van der Waals surface area (Å²) in [6.45, 7) is 7.74. The van der Waals surface area contributed by atoms with Gasteiger partial charge in [-0.3, -0.25) is 0 Å². The lowest BCUT2D eigenvalue weighted by Gasteiger charge is -2.42. The molecule has 1 spiro atoms. The number of hydrogen-bond donors (Lipinski definition) is 1. The lowest BCUT2D eigenvalue weighted by Crippen LogP contribution is -2.59. The number of benzene rings is 1. The van der Waals surface area contributed by atoms with Crippen molar-refractivity contribution in [3.8, 4) is 5.75 Å². The van der Waals surface area contributed by atoms with Gasteiger partial charge in [-0.2, -0.15) is 0 Å². The van der Waals surface area contributed by atoms with E-state index >= 15 is 0 Å². The number of rotatable bonds is 5. The van der Waals surface area contributed by atoms with Gasteiger partial charge in [0, 0.05) is 26.1 Å². The van der Waals surface area contributed by atoms with Crippen molar-refractivity contribution >= 4 is 6.03 Å².